The standard InChI is InChI=1S/C20H20Cl3N3O2/c1-13(27)26-9-7-20(8-10-26,14-5-3-2-4-6-14)19(28)25-24-18-16(22)11-15(21)12-17(18)23/h2-6,11-12,24H,7-10H2,1H3,(H,25,28). The number of carbonyl (C=O) groups excluding carboxylic acids is 2. The first kappa shape index (κ1) is 20.8. The Labute approximate surface area is 178 Å². The average Bonchev–Trinajstić information content (AvgIpc) is 2.67. The van der Waals surface area contributed by atoms with Gasteiger partial charge in [-0.15, -0.1) is 0 Å². The Balaban J connectivity index is 1.83. The molecule has 2 aromatic carbocycles. The smallest absolute Gasteiger partial charge is 0.249 e. The SMILES string of the molecule is CC(=O)N1CCC(C(=O)NNc2c(Cl)cc(Cl)cc2Cl)(c2ccccc2)CC1. The van der Waals surface area contributed by atoms with Gasteiger partial charge in [0.15, 0.2) is 0 Å². The lowest BCUT2D eigenvalue weighted by Gasteiger charge is -2.40. The lowest BCUT2D eigenvalue weighted by Crippen LogP contribution is -2.53. The molecule has 0 bridgehead atoms. The summed E-state index contributed by atoms with van der Waals surface area (Å²) in [6, 6.07) is 12.7. The van der Waals surface area contributed by atoms with Crippen LogP contribution in [0.5, 0.6) is 0 Å². The van der Waals surface area contributed by atoms with Gasteiger partial charge in [-0.25, -0.2) is 0 Å². The molecule has 0 spiro atoms. The largest absolute Gasteiger partial charge is 0.343 e. The number of hydrogen-bond donors (Lipinski definition) is 2. The molecule has 0 saturated carbocycles. The van der Waals surface area contributed by atoms with E-state index in [9.17, 15) is 9.59 Å². The molecule has 3 rings (SSSR count). The van der Waals surface area contributed by atoms with Crippen molar-refractivity contribution in [1.82, 2.24) is 10.3 Å². The van der Waals surface area contributed by atoms with Gasteiger partial charge in [0.05, 0.1) is 21.1 Å². The molecule has 28 heavy (non-hydrogen) atoms. The molecule has 0 unspecified atom stereocenters. The van der Waals surface area contributed by atoms with Crippen LogP contribution in [0, 0.1) is 0 Å². The first-order valence-corrected chi connectivity index (χ1v) is 9.99. The number of benzene rings is 2. The van der Waals surface area contributed by atoms with Gasteiger partial charge in [-0.05, 0) is 30.5 Å². The van der Waals surface area contributed by atoms with Crippen molar-refractivity contribution in [2.45, 2.75) is 25.2 Å². The number of anilines is 1. The Morgan fingerprint density at radius 2 is 1.57 bits per heavy atom. The predicted molar refractivity (Wildman–Crippen MR) is 113 cm³/mol. The third-order valence-electron chi connectivity index (χ3n) is 5.13. The van der Waals surface area contributed by atoms with Gasteiger partial charge in [-0.1, -0.05) is 65.1 Å². The molecule has 1 aliphatic rings. The first-order chi connectivity index (χ1) is 13.3. The van der Waals surface area contributed by atoms with Gasteiger partial charge < -0.3 is 4.90 Å². The Morgan fingerprint density at radius 3 is 2.11 bits per heavy atom. The molecule has 148 valence electrons. The van der Waals surface area contributed by atoms with Crippen LogP contribution in [0.4, 0.5) is 5.69 Å². The first-order valence-electron chi connectivity index (χ1n) is 8.85. The van der Waals surface area contributed by atoms with Gasteiger partial charge in [0.25, 0.3) is 0 Å². The zero-order chi connectivity index (χ0) is 20.3. The Morgan fingerprint density at radius 1 is 1.00 bits per heavy atom. The Kier molecular flexibility index (Phi) is 6.38. The quantitative estimate of drug-likeness (QED) is 0.679. The molecule has 2 amide bonds. The number of nitrogens with one attached hydrogen (secondary N) is 2. The van der Waals surface area contributed by atoms with Gasteiger partial charge in [0, 0.05) is 25.0 Å². The van der Waals surface area contributed by atoms with Crippen LogP contribution in [0.3, 0.4) is 0 Å². The minimum Gasteiger partial charge on any atom is -0.343 e. The van der Waals surface area contributed by atoms with Gasteiger partial charge in [-0.3, -0.25) is 20.4 Å². The number of hydrogen-bond acceptors (Lipinski definition) is 3. The van der Waals surface area contributed by atoms with Gasteiger partial charge in [0.1, 0.15) is 0 Å². The van der Waals surface area contributed by atoms with Crippen molar-refractivity contribution in [2.24, 2.45) is 0 Å². The summed E-state index contributed by atoms with van der Waals surface area (Å²) in [6.07, 6.45) is 1.04. The van der Waals surface area contributed by atoms with Crippen LogP contribution >= 0.6 is 34.8 Å². The van der Waals surface area contributed by atoms with Crippen LogP contribution in [0.1, 0.15) is 25.3 Å². The average molecular weight is 441 g/mol. The molecule has 2 aromatic rings. The van der Waals surface area contributed by atoms with Crippen molar-refractivity contribution < 1.29 is 9.59 Å². The summed E-state index contributed by atoms with van der Waals surface area (Å²) in [6.45, 7) is 2.57. The number of likely N-dealkylation sites (tertiary alicyclic amines) is 1. The Bertz CT molecular complexity index is 859. The van der Waals surface area contributed by atoms with E-state index in [1.807, 2.05) is 30.3 Å². The highest BCUT2D eigenvalue weighted by molar-refractivity contribution is 6.41. The van der Waals surface area contributed by atoms with Crippen molar-refractivity contribution in [2.75, 3.05) is 18.5 Å². The minimum atomic E-state index is -0.758. The fourth-order valence-corrected chi connectivity index (χ4v) is 4.42. The molecule has 1 saturated heterocycles. The van der Waals surface area contributed by atoms with Gasteiger partial charge in [-0.2, -0.15) is 0 Å². The number of rotatable bonds is 4. The van der Waals surface area contributed by atoms with Crippen LogP contribution in [-0.2, 0) is 15.0 Å². The third kappa shape index (κ3) is 4.22. The minimum absolute atomic E-state index is 0.0138. The van der Waals surface area contributed by atoms with Crippen molar-refractivity contribution in [1.29, 1.82) is 0 Å². The van der Waals surface area contributed by atoms with E-state index in [-0.39, 0.29) is 11.8 Å². The zero-order valence-electron chi connectivity index (χ0n) is 15.3. The van der Waals surface area contributed by atoms with Crippen LogP contribution in [0.15, 0.2) is 42.5 Å². The lowest BCUT2D eigenvalue weighted by atomic mass is 9.72. The van der Waals surface area contributed by atoms with Crippen molar-refractivity contribution in [3.05, 3.63) is 63.1 Å². The molecule has 1 aliphatic heterocycles. The third-order valence-corrected chi connectivity index (χ3v) is 5.95. The highest BCUT2D eigenvalue weighted by Crippen LogP contribution is 2.37. The number of halogens is 3. The molecule has 0 atom stereocenters. The van der Waals surface area contributed by atoms with Crippen LogP contribution in [-0.4, -0.2) is 29.8 Å². The number of piperidine rings is 1. The van der Waals surface area contributed by atoms with E-state index in [1.54, 1.807) is 24.0 Å². The highest BCUT2D eigenvalue weighted by atomic mass is 35.5. The number of nitrogens with zero attached hydrogens (tertiary/aromatic N) is 1. The van der Waals surface area contributed by atoms with E-state index in [0.29, 0.717) is 46.7 Å². The summed E-state index contributed by atoms with van der Waals surface area (Å²) < 4.78 is 0. The lowest BCUT2D eigenvalue weighted by molar-refractivity contribution is -0.135. The van der Waals surface area contributed by atoms with E-state index >= 15 is 0 Å². The maximum atomic E-state index is 13.3. The highest BCUT2D eigenvalue weighted by Gasteiger charge is 2.43. The van der Waals surface area contributed by atoms with Gasteiger partial charge >= 0.3 is 0 Å². The van der Waals surface area contributed by atoms with E-state index in [4.69, 9.17) is 34.8 Å². The molecule has 8 heteroatoms. The van der Waals surface area contributed by atoms with E-state index in [2.05, 4.69) is 10.9 Å². The van der Waals surface area contributed by atoms with Gasteiger partial charge in [0.2, 0.25) is 11.8 Å². The summed E-state index contributed by atoms with van der Waals surface area (Å²) in [7, 11) is 0. The fourth-order valence-electron chi connectivity index (χ4n) is 3.51. The maximum Gasteiger partial charge on any atom is 0.249 e. The summed E-state index contributed by atoms with van der Waals surface area (Å²) in [4.78, 5) is 26.7. The maximum absolute atomic E-state index is 13.3. The molecule has 1 fully saturated rings. The van der Waals surface area contributed by atoms with E-state index < -0.39 is 5.41 Å². The van der Waals surface area contributed by atoms with Crippen LogP contribution in [0.25, 0.3) is 0 Å². The summed E-state index contributed by atoms with van der Waals surface area (Å²) >= 11 is 18.3. The monoisotopic (exact) mass is 439 g/mol. The second-order valence-electron chi connectivity index (χ2n) is 6.78. The van der Waals surface area contributed by atoms with Crippen molar-refractivity contribution in [3.8, 4) is 0 Å². The number of hydrazine groups is 1. The molecule has 2 N–H and O–H groups in total. The molecular weight excluding hydrogens is 421 g/mol. The molecule has 5 nitrogen and oxygen atoms in total. The van der Waals surface area contributed by atoms with Crippen molar-refractivity contribution in [3.63, 3.8) is 0 Å². The summed E-state index contributed by atoms with van der Waals surface area (Å²) in [5.74, 6) is -0.191. The molecule has 0 aliphatic carbocycles. The Hall–Kier alpha value is -1.95. The summed E-state index contributed by atoms with van der Waals surface area (Å²) in [5, 5.41) is 1.01. The van der Waals surface area contributed by atoms with Crippen molar-refractivity contribution >= 4 is 52.3 Å². The molecular formula is C20H20Cl3N3O2. The number of carbonyl (C=O) groups is 2. The normalized spacial score (nSPS) is 15.8. The van der Waals surface area contributed by atoms with E-state index in [1.165, 1.54) is 0 Å². The van der Waals surface area contributed by atoms with E-state index in [0.717, 1.165) is 5.56 Å². The second kappa shape index (κ2) is 8.60. The summed E-state index contributed by atoms with van der Waals surface area (Å²) in [5.41, 5.74) is 6.11. The zero-order valence-corrected chi connectivity index (χ0v) is 17.5. The van der Waals surface area contributed by atoms with Crippen LogP contribution < -0.4 is 10.9 Å². The fraction of sp³-hybridized carbons (Fsp3) is 0.300. The number of amides is 2. The van der Waals surface area contributed by atoms with Crippen LogP contribution in [0.2, 0.25) is 15.1 Å². The molecule has 1 heterocycles. The second-order valence-corrected chi connectivity index (χ2v) is 8.03. The molecule has 0 aromatic heterocycles. The topological polar surface area (TPSA) is 61.4 Å². The predicted octanol–water partition coefficient (Wildman–Crippen LogP) is 4.67. The molecule has 0 radical (unpaired) electrons.